The summed E-state index contributed by atoms with van der Waals surface area (Å²) in [5.74, 6) is 0.610. The van der Waals surface area contributed by atoms with Crippen LogP contribution >= 0.6 is 0 Å². The zero-order chi connectivity index (χ0) is 13.5. The van der Waals surface area contributed by atoms with E-state index in [0.717, 1.165) is 19.4 Å². The van der Waals surface area contributed by atoms with Crippen molar-refractivity contribution < 1.29 is 4.79 Å². The van der Waals surface area contributed by atoms with Crippen LogP contribution in [0.2, 0.25) is 0 Å². The standard InChI is InChI=1S/C15H26N2O/c1-12(2)13-7-5-8-14(11-13)16-15(18)9-6-10-17(3)4/h6,9,13-14H,1,5,7-8,10-11H2,2-4H3,(H,16,18)/b9-6+. The first-order valence-corrected chi connectivity index (χ1v) is 6.76. The molecule has 102 valence electrons. The number of amides is 1. The van der Waals surface area contributed by atoms with E-state index in [1.54, 1.807) is 6.08 Å². The quantitative estimate of drug-likeness (QED) is 0.600. The van der Waals surface area contributed by atoms with E-state index >= 15 is 0 Å². The van der Waals surface area contributed by atoms with Crippen LogP contribution < -0.4 is 5.32 Å². The zero-order valence-electron chi connectivity index (χ0n) is 11.9. The van der Waals surface area contributed by atoms with E-state index in [4.69, 9.17) is 0 Å². The van der Waals surface area contributed by atoms with E-state index in [-0.39, 0.29) is 5.91 Å². The third-order valence-corrected chi connectivity index (χ3v) is 3.46. The smallest absolute Gasteiger partial charge is 0.243 e. The second-order valence-electron chi connectivity index (χ2n) is 5.58. The van der Waals surface area contributed by atoms with Gasteiger partial charge in [-0.1, -0.05) is 24.6 Å². The lowest BCUT2D eigenvalue weighted by molar-refractivity contribution is -0.117. The van der Waals surface area contributed by atoms with Crippen molar-refractivity contribution in [2.45, 2.75) is 38.6 Å². The highest BCUT2D eigenvalue weighted by molar-refractivity contribution is 5.87. The van der Waals surface area contributed by atoms with Gasteiger partial charge in [-0.25, -0.2) is 0 Å². The molecular weight excluding hydrogens is 224 g/mol. The molecular formula is C15H26N2O. The van der Waals surface area contributed by atoms with Gasteiger partial charge in [0.15, 0.2) is 0 Å². The Bertz CT molecular complexity index is 320. The summed E-state index contributed by atoms with van der Waals surface area (Å²) in [5.41, 5.74) is 1.25. The highest BCUT2D eigenvalue weighted by Crippen LogP contribution is 2.28. The van der Waals surface area contributed by atoms with E-state index in [2.05, 4.69) is 18.8 Å². The third kappa shape index (κ3) is 5.50. The Morgan fingerprint density at radius 3 is 2.78 bits per heavy atom. The maximum Gasteiger partial charge on any atom is 0.243 e. The summed E-state index contributed by atoms with van der Waals surface area (Å²) in [6.07, 6.45) is 8.08. The largest absolute Gasteiger partial charge is 0.350 e. The molecule has 3 nitrogen and oxygen atoms in total. The lowest BCUT2D eigenvalue weighted by Gasteiger charge is -2.29. The van der Waals surface area contributed by atoms with E-state index in [0.29, 0.717) is 12.0 Å². The topological polar surface area (TPSA) is 32.3 Å². The first-order valence-electron chi connectivity index (χ1n) is 6.76. The maximum atomic E-state index is 11.7. The average Bonchev–Trinajstić information content (AvgIpc) is 2.28. The minimum atomic E-state index is 0.0317. The summed E-state index contributed by atoms with van der Waals surface area (Å²) in [6, 6.07) is 0.317. The minimum absolute atomic E-state index is 0.0317. The second kappa shape index (κ2) is 7.37. The van der Waals surface area contributed by atoms with Gasteiger partial charge in [0, 0.05) is 18.7 Å². The van der Waals surface area contributed by atoms with Crippen molar-refractivity contribution in [1.82, 2.24) is 10.2 Å². The number of carbonyl (C=O) groups excluding carboxylic acids is 1. The molecule has 3 heteroatoms. The molecule has 0 aromatic carbocycles. The second-order valence-corrected chi connectivity index (χ2v) is 5.58. The van der Waals surface area contributed by atoms with Crippen molar-refractivity contribution >= 4 is 5.91 Å². The highest BCUT2D eigenvalue weighted by Gasteiger charge is 2.22. The van der Waals surface area contributed by atoms with Gasteiger partial charge in [0.25, 0.3) is 0 Å². The molecule has 0 aliphatic heterocycles. The van der Waals surface area contributed by atoms with Gasteiger partial charge in [0.2, 0.25) is 5.91 Å². The number of likely N-dealkylation sites (N-methyl/N-ethyl adjacent to an activating group) is 1. The monoisotopic (exact) mass is 250 g/mol. The zero-order valence-corrected chi connectivity index (χ0v) is 11.9. The number of allylic oxidation sites excluding steroid dienone is 1. The van der Waals surface area contributed by atoms with Crippen LogP contribution in [0, 0.1) is 5.92 Å². The molecule has 1 aliphatic carbocycles. The predicted octanol–water partition coefficient (Wildman–Crippen LogP) is 2.36. The Labute approximate surface area is 111 Å². The number of nitrogens with one attached hydrogen (secondary N) is 1. The van der Waals surface area contributed by atoms with Crippen molar-refractivity contribution in [2.75, 3.05) is 20.6 Å². The SMILES string of the molecule is C=C(C)C1CCCC(NC(=O)/C=C/CN(C)C)C1. The van der Waals surface area contributed by atoms with Crippen molar-refractivity contribution in [1.29, 1.82) is 0 Å². The van der Waals surface area contributed by atoms with Crippen molar-refractivity contribution in [3.05, 3.63) is 24.3 Å². The summed E-state index contributed by atoms with van der Waals surface area (Å²) in [5, 5.41) is 3.09. The van der Waals surface area contributed by atoms with Crippen LogP contribution in [0.15, 0.2) is 24.3 Å². The van der Waals surface area contributed by atoms with E-state index < -0.39 is 0 Å². The Hall–Kier alpha value is -1.09. The van der Waals surface area contributed by atoms with Gasteiger partial charge >= 0.3 is 0 Å². The van der Waals surface area contributed by atoms with Gasteiger partial charge in [-0.05, 0) is 46.2 Å². The molecule has 2 atom stereocenters. The number of carbonyl (C=O) groups is 1. The fourth-order valence-electron chi connectivity index (χ4n) is 2.39. The molecule has 2 unspecified atom stereocenters. The van der Waals surface area contributed by atoms with Gasteiger partial charge in [0.05, 0.1) is 0 Å². The first-order chi connectivity index (χ1) is 8.49. The molecule has 0 radical (unpaired) electrons. The molecule has 0 saturated heterocycles. The normalized spacial score (nSPS) is 24.4. The van der Waals surface area contributed by atoms with Crippen molar-refractivity contribution in [3.63, 3.8) is 0 Å². The highest BCUT2D eigenvalue weighted by atomic mass is 16.1. The van der Waals surface area contributed by atoms with Gasteiger partial charge in [-0.15, -0.1) is 0 Å². The van der Waals surface area contributed by atoms with Crippen molar-refractivity contribution in [2.24, 2.45) is 5.92 Å². The summed E-state index contributed by atoms with van der Waals surface area (Å²) >= 11 is 0. The number of nitrogens with zero attached hydrogens (tertiary/aromatic N) is 1. The molecule has 18 heavy (non-hydrogen) atoms. The molecule has 1 saturated carbocycles. The molecule has 0 spiro atoms. The summed E-state index contributed by atoms with van der Waals surface area (Å²) in [6.45, 7) is 6.92. The van der Waals surface area contributed by atoms with Crippen LogP contribution in [0.1, 0.15) is 32.6 Å². The summed E-state index contributed by atoms with van der Waals surface area (Å²) in [4.78, 5) is 13.8. The predicted molar refractivity (Wildman–Crippen MR) is 76.4 cm³/mol. The molecule has 1 N–H and O–H groups in total. The Morgan fingerprint density at radius 1 is 1.44 bits per heavy atom. The van der Waals surface area contributed by atoms with Crippen LogP contribution in [0.25, 0.3) is 0 Å². The fourth-order valence-corrected chi connectivity index (χ4v) is 2.39. The minimum Gasteiger partial charge on any atom is -0.350 e. The van der Waals surface area contributed by atoms with Crippen molar-refractivity contribution in [3.8, 4) is 0 Å². The first kappa shape index (κ1) is 15.0. The fraction of sp³-hybridized carbons (Fsp3) is 0.667. The molecule has 0 aromatic heterocycles. The van der Waals surface area contributed by atoms with Gasteiger partial charge in [-0.3, -0.25) is 4.79 Å². The molecule has 1 amide bonds. The summed E-state index contributed by atoms with van der Waals surface area (Å²) in [7, 11) is 3.97. The van der Waals surface area contributed by atoms with E-state index in [9.17, 15) is 4.79 Å². The van der Waals surface area contributed by atoms with Crippen LogP contribution in [0.3, 0.4) is 0 Å². The van der Waals surface area contributed by atoms with Crippen LogP contribution in [-0.4, -0.2) is 37.5 Å². The van der Waals surface area contributed by atoms with E-state index in [1.807, 2.05) is 25.1 Å². The summed E-state index contributed by atoms with van der Waals surface area (Å²) < 4.78 is 0. The molecule has 0 heterocycles. The number of rotatable bonds is 5. The van der Waals surface area contributed by atoms with Gasteiger partial charge < -0.3 is 10.2 Å². The van der Waals surface area contributed by atoms with E-state index in [1.165, 1.54) is 18.4 Å². The van der Waals surface area contributed by atoms with Crippen LogP contribution in [0.4, 0.5) is 0 Å². The Balaban J connectivity index is 2.35. The van der Waals surface area contributed by atoms with Gasteiger partial charge in [0.1, 0.15) is 0 Å². The lowest BCUT2D eigenvalue weighted by atomic mass is 9.82. The average molecular weight is 250 g/mol. The molecule has 1 rings (SSSR count). The van der Waals surface area contributed by atoms with Crippen LogP contribution in [0.5, 0.6) is 0 Å². The number of hydrogen-bond acceptors (Lipinski definition) is 2. The lowest BCUT2D eigenvalue weighted by Crippen LogP contribution is -2.37. The molecule has 1 fully saturated rings. The maximum absolute atomic E-state index is 11.7. The molecule has 0 bridgehead atoms. The number of hydrogen-bond donors (Lipinski definition) is 1. The van der Waals surface area contributed by atoms with Gasteiger partial charge in [-0.2, -0.15) is 0 Å². The third-order valence-electron chi connectivity index (χ3n) is 3.46. The Morgan fingerprint density at radius 2 is 2.17 bits per heavy atom. The molecule has 0 aromatic rings. The van der Waals surface area contributed by atoms with Crippen LogP contribution in [-0.2, 0) is 4.79 Å². The Kier molecular flexibility index (Phi) is 6.13. The molecule has 1 aliphatic rings.